The molecule has 0 saturated carbocycles. The molecule has 4 aromatic carbocycles. The lowest BCUT2D eigenvalue weighted by Gasteiger charge is -2.02. The maximum atomic E-state index is 11.5. The van der Waals surface area contributed by atoms with Crippen molar-refractivity contribution in [3.63, 3.8) is 0 Å². The smallest absolute Gasteiger partial charge is 0.330 e. The van der Waals surface area contributed by atoms with Crippen molar-refractivity contribution >= 4 is 24.1 Å². The van der Waals surface area contributed by atoms with E-state index in [0.29, 0.717) is 37.2 Å². The van der Waals surface area contributed by atoms with Crippen LogP contribution in [0.1, 0.15) is 22.3 Å². The summed E-state index contributed by atoms with van der Waals surface area (Å²) in [6, 6.07) is 28.1. The van der Waals surface area contributed by atoms with Gasteiger partial charge in [0.15, 0.2) is 23.0 Å². The van der Waals surface area contributed by atoms with Gasteiger partial charge in [0, 0.05) is 25.0 Å². The molecule has 0 amide bonds. The van der Waals surface area contributed by atoms with Crippen molar-refractivity contribution < 1.29 is 39.5 Å². The molecule has 216 valence electrons. The van der Waals surface area contributed by atoms with Crippen LogP contribution in [0, 0.1) is 0 Å². The number of esters is 2. The summed E-state index contributed by atoms with van der Waals surface area (Å²) >= 11 is 0. The molecule has 0 aliphatic carbocycles. The first-order chi connectivity index (χ1) is 20.3. The Hall–Kier alpha value is -5.50. The molecule has 0 aromatic heterocycles. The average molecular weight is 569 g/mol. The van der Waals surface area contributed by atoms with Gasteiger partial charge in [-0.1, -0.05) is 72.8 Å². The number of ether oxygens (including phenoxy) is 2. The molecule has 8 heteroatoms. The van der Waals surface area contributed by atoms with E-state index in [2.05, 4.69) is 0 Å². The first-order valence-electron chi connectivity index (χ1n) is 13.1. The van der Waals surface area contributed by atoms with Crippen LogP contribution >= 0.6 is 0 Å². The highest BCUT2D eigenvalue weighted by molar-refractivity contribution is 5.87. The summed E-state index contributed by atoms with van der Waals surface area (Å²) in [5.41, 5.74) is 3.42. The normalized spacial score (nSPS) is 10.7. The van der Waals surface area contributed by atoms with Gasteiger partial charge in [-0.3, -0.25) is 0 Å². The number of rotatable bonds is 10. The van der Waals surface area contributed by atoms with Gasteiger partial charge in [0.25, 0.3) is 0 Å². The lowest BCUT2D eigenvalue weighted by atomic mass is 10.2. The Morgan fingerprint density at radius 3 is 1.26 bits per heavy atom. The zero-order valence-corrected chi connectivity index (χ0v) is 22.8. The lowest BCUT2D eigenvalue weighted by molar-refractivity contribution is -0.138. The van der Waals surface area contributed by atoms with Gasteiger partial charge in [-0.05, 0) is 58.7 Å². The fraction of sp³-hybridized carbons (Fsp3) is 0.118. The van der Waals surface area contributed by atoms with Crippen molar-refractivity contribution in [3.05, 3.63) is 131 Å². The molecule has 0 fully saturated rings. The highest BCUT2D eigenvalue weighted by Crippen LogP contribution is 2.26. The largest absolute Gasteiger partial charge is 0.504 e. The van der Waals surface area contributed by atoms with Crippen LogP contribution in [-0.2, 0) is 31.9 Å². The van der Waals surface area contributed by atoms with E-state index < -0.39 is 11.9 Å². The van der Waals surface area contributed by atoms with Gasteiger partial charge in [-0.15, -0.1) is 0 Å². The van der Waals surface area contributed by atoms with Gasteiger partial charge < -0.3 is 29.9 Å². The second kappa shape index (κ2) is 16.6. The molecule has 0 heterocycles. The van der Waals surface area contributed by atoms with Crippen molar-refractivity contribution in [2.45, 2.75) is 12.8 Å². The van der Waals surface area contributed by atoms with E-state index in [1.54, 1.807) is 12.1 Å². The second-order valence-corrected chi connectivity index (χ2v) is 8.97. The first-order valence-corrected chi connectivity index (χ1v) is 13.1. The van der Waals surface area contributed by atoms with Crippen molar-refractivity contribution in [3.8, 4) is 23.0 Å². The second-order valence-electron chi connectivity index (χ2n) is 8.97. The molecule has 0 bridgehead atoms. The summed E-state index contributed by atoms with van der Waals surface area (Å²) in [6.07, 6.45) is 6.95. The summed E-state index contributed by atoms with van der Waals surface area (Å²) in [7, 11) is 0. The van der Waals surface area contributed by atoms with Crippen LogP contribution in [0.15, 0.2) is 109 Å². The van der Waals surface area contributed by atoms with E-state index in [1.807, 2.05) is 60.7 Å². The maximum absolute atomic E-state index is 11.5. The molecule has 0 spiro atoms. The van der Waals surface area contributed by atoms with Crippen molar-refractivity contribution in [1.29, 1.82) is 0 Å². The fourth-order valence-corrected chi connectivity index (χ4v) is 3.54. The summed E-state index contributed by atoms with van der Waals surface area (Å²) in [4.78, 5) is 23.1. The SMILES string of the molecule is O=C(C=Cc1ccc(O)c(O)c1)OCCc1ccccc1.O=C(C=Cc1ccc(O)c(O)c1)OCCc1ccccc1. The summed E-state index contributed by atoms with van der Waals surface area (Å²) in [5.74, 6) is -1.74. The van der Waals surface area contributed by atoms with E-state index in [-0.39, 0.29) is 23.0 Å². The van der Waals surface area contributed by atoms with Crippen LogP contribution in [0.2, 0.25) is 0 Å². The Labute approximate surface area is 244 Å². The third-order valence-electron chi connectivity index (χ3n) is 5.78. The number of hydrogen-bond donors (Lipinski definition) is 4. The molecule has 0 unspecified atom stereocenters. The van der Waals surface area contributed by atoms with Crippen molar-refractivity contribution in [2.24, 2.45) is 0 Å². The van der Waals surface area contributed by atoms with E-state index in [1.165, 1.54) is 48.6 Å². The van der Waals surface area contributed by atoms with Crippen LogP contribution in [-0.4, -0.2) is 45.6 Å². The van der Waals surface area contributed by atoms with Gasteiger partial charge in [-0.2, -0.15) is 0 Å². The van der Waals surface area contributed by atoms with Crippen LogP contribution in [0.5, 0.6) is 23.0 Å². The molecule has 0 radical (unpaired) electrons. The van der Waals surface area contributed by atoms with Gasteiger partial charge in [-0.25, -0.2) is 9.59 Å². The maximum Gasteiger partial charge on any atom is 0.330 e. The quantitative estimate of drug-likeness (QED) is 0.107. The number of benzene rings is 4. The van der Waals surface area contributed by atoms with Gasteiger partial charge >= 0.3 is 11.9 Å². The van der Waals surface area contributed by atoms with Gasteiger partial charge in [0.2, 0.25) is 0 Å². The predicted octanol–water partition coefficient (Wildman–Crippen LogP) is 5.79. The number of aromatic hydroxyl groups is 4. The van der Waals surface area contributed by atoms with Crippen LogP contribution in [0.4, 0.5) is 0 Å². The molecule has 0 aliphatic heterocycles. The van der Waals surface area contributed by atoms with E-state index in [0.717, 1.165) is 11.1 Å². The fourth-order valence-electron chi connectivity index (χ4n) is 3.54. The van der Waals surface area contributed by atoms with Crippen LogP contribution in [0.3, 0.4) is 0 Å². The minimum absolute atomic E-state index is 0.197. The topological polar surface area (TPSA) is 134 Å². The minimum Gasteiger partial charge on any atom is -0.504 e. The Kier molecular flexibility index (Phi) is 12.2. The first kappa shape index (κ1) is 31.0. The van der Waals surface area contributed by atoms with Crippen LogP contribution in [0.25, 0.3) is 12.2 Å². The molecule has 4 aromatic rings. The number of hydrogen-bond acceptors (Lipinski definition) is 8. The summed E-state index contributed by atoms with van der Waals surface area (Å²) in [5, 5.41) is 37.0. The molecular weight excluding hydrogens is 536 g/mol. The van der Waals surface area contributed by atoms with Crippen molar-refractivity contribution in [1.82, 2.24) is 0 Å². The summed E-state index contributed by atoms with van der Waals surface area (Å²) in [6.45, 7) is 0.627. The molecular formula is C34H32O8. The molecule has 42 heavy (non-hydrogen) atoms. The minimum atomic E-state index is -0.446. The molecule has 4 N–H and O–H groups in total. The average Bonchev–Trinajstić information content (AvgIpc) is 3.00. The third-order valence-corrected chi connectivity index (χ3v) is 5.78. The van der Waals surface area contributed by atoms with E-state index in [9.17, 15) is 30.0 Å². The number of carbonyl (C=O) groups is 2. The molecule has 8 nitrogen and oxygen atoms in total. The molecule has 4 rings (SSSR count). The zero-order valence-electron chi connectivity index (χ0n) is 22.8. The predicted molar refractivity (Wildman–Crippen MR) is 160 cm³/mol. The third kappa shape index (κ3) is 11.3. The van der Waals surface area contributed by atoms with Gasteiger partial charge in [0.1, 0.15) is 0 Å². The molecule has 0 saturated heterocycles. The standard InChI is InChI=1S/2C17H16O4/c2*18-15-8-6-14(12-16(15)19)7-9-17(20)21-11-10-13-4-2-1-3-5-13/h2*1-9,12,18-19H,10-11H2. The monoisotopic (exact) mass is 568 g/mol. The molecule has 0 aliphatic rings. The molecule has 0 atom stereocenters. The number of carbonyl (C=O) groups excluding carboxylic acids is 2. The van der Waals surface area contributed by atoms with Gasteiger partial charge in [0.05, 0.1) is 13.2 Å². The van der Waals surface area contributed by atoms with Crippen molar-refractivity contribution in [2.75, 3.05) is 13.2 Å². The number of phenols is 4. The van der Waals surface area contributed by atoms with E-state index >= 15 is 0 Å². The van der Waals surface area contributed by atoms with Crippen LogP contribution < -0.4 is 0 Å². The highest BCUT2D eigenvalue weighted by atomic mass is 16.5. The Bertz CT molecular complexity index is 1380. The summed E-state index contributed by atoms with van der Waals surface area (Å²) < 4.78 is 10.2. The Morgan fingerprint density at radius 2 is 0.905 bits per heavy atom. The Balaban J connectivity index is 0.000000230. The van der Waals surface area contributed by atoms with E-state index in [4.69, 9.17) is 9.47 Å². The highest BCUT2D eigenvalue weighted by Gasteiger charge is 2.02. The Morgan fingerprint density at radius 1 is 0.524 bits per heavy atom. The lowest BCUT2D eigenvalue weighted by Crippen LogP contribution is -2.04. The zero-order chi connectivity index (χ0) is 30.2. The number of phenolic OH excluding ortho intramolecular Hbond substituents is 4.